The SMILES string of the molecule is O=C(Nc1cccc(S[C@@H]2CC(=O)N(c3ccc(I)cc3)C2=O)c1)/C(=C/c1cc(Br)ccc1F)NC(=O)c1ccccc1. The number of benzene rings is 4. The first kappa shape index (κ1) is 30.6. The molecule has 1 fully saturated rings. The Kier molecular flexibility index (Phi) is 9.73. The minimum atomic E-state index is -0.678. The maximum absolute atomic E-state index is 14.6. The van der Waals surface area contributed by atoms with E-state index in [9.17, 15) is 23.6 Å². The Balaban J connectivity index is 1.34. The smallest absolute Gasteiger partial charge is 0.272 e. The second kappa shape index (κ2) is 13.7. The molecule has 1 heterocycles. The van der Waals surface area contributed by atoms with E-state index in [4.69, 9.17) is 0 Å². The number of amides is 4. The molecule has 4 aromatic rings. The quantitative estimate of drug-likeness (QED) is 0.114. The van der Waals surface area contributed by atoms with Crippen LogP contribution in [0.2, 0.25) is 0 Å². The first-order chi connectivity index (χ1) is 20.7. The molecule has 7 nitrogen and oxygen atoms in total. The largest absolute Gasteiger partial charge is 0.321 e. The fraction of sp³-hybridized carbons (Fsp3) is 0.0625. The molecule has 11 heteroatoms. The Morgan fingerprint density at radius 2 is 1.70 bits per heavy atom. The van der Waals surface area contributed by atoms with Crippen LogP contribution in [0.5, 0.6) is 0 Å². The predicted octanol–water partition coefficient (Wildman–Crippen LogP) is 7.03. The Bertz CT molecular complexity index is 1750. The van der Waals surface area contributed by atoms with Crippen LogP contribution >= 0.6 is 50.3 Å². The van der Waals surface area contributed by atoms with Crippen LogP contribution in [0, 0.1) is 9.39 Å². The highest BCUT2D eigenvalue weighted by Gasteiger charge is 2.40. The molecule has 5 rings (SSSR count). The van der Waals surface area contributed by atoms with Crippen LogP contribution in [0.4, 0.5) is 15.8 Å². The lowest BCUT2D eigenvalue weighted by Gasteiger charge is -2.15. The number of anilines is 2. The van der Waals surface area contributed by atoms with Gasteiger partial charge in [-0.05, 0) is 101 Å². The summed E-state index contributed by atoms with van der Waals surface area (Å²) in [4.78, 5) is 54.0. The van der Waals surface area contributed by atoms with Crippen LogP contribution in [0.1, 0.15) is 22.3 Å². The first-order valence-corrected chi connectivity index (χ1v) is 15.7. The van der Waals surface area contributed by atoms with Gasteiger partial charge in [0.1, 0.15) is 11.5 Å². The van der Waals surface area contributed by atoms with E-state index in [1.54, 1.807) is 66.7 Å². The monoisotopic (exact) mass is 769 g/mol. The molecule has 4 aromatic carbocycles. The molecule has 43 heavy (non-hydrogen) atoms. The first-order valence-electron chi connectivity index (χ1n) is 12.9. The van der Waals surface area contributed by atoms with Gasteiger partial charge in [-0.3, -0.25) is 19.2 Å². The van der Waals surface area contributed by atoms with Crippen molar-refractivity contribution in [1.29, 1.82) is 0 Å². The van der Waals surface area contributed by atoms with Crippen molar-refractivity contribution in [1.82, 2.24) is 5.32 Å². The minimum Gasteiger partial charge on any atom is -0.321 e. The van der Waals surface area contributed by atoms with Crippen LogP contribution in [0.3, 0.4) is 0 Å². The third-order valence-electron chi connectivity index (χ3n) is 6.35. The van der Waals surface area contributed by atoms with Crippen molar-refractivity contribution >= 4 is 91.4 Å². The third-order valence-corrected chi connectivity index (χ3v) is 8.74. The Labute approximate surface area is 273 Å². The molecule has 0 aliphatic carbocycles. The summed E-state index contributed by atoms with van der Waals surface area (Å²) in [6, 6.07) is 26.6. The summed E-state index contributed by atoms with van der Waals surface area (Å²) in [6.07, 6.45) is 1.31. The van der Waals surface area contributed by atoms with Crippen molar-refractivity contribution in [2.75, 3.05) is 10.2 Å². The molecule has 2 N–H and O–H groups in total. The van der Waals surface area contributed by atoms with Gasteiger partial charge in [-0.1, -0.05) is 40.2 Å². The van der Waals surface area contributed by atoms with Gasteiger partial charge in [0.25, 0.3) is 11.8 Å². The second-order valence-corrected chi connectivity index (χ2v) is 12.8. The summed E-state index contributed by atoms with van der Waals surface area (Å²) >= 11 is 6.68. The van der Waals surface area contributed by atoms with Crippen molar-refractivity contribution < 1.29 is 23.6 Å². The molecule has 1 atom stereocenters. The number of hydrogen-bond donors (Lipinski definition) is 2. The summed E-state index contributed by atoms with van der Waals surface area (Å²) in [6.45, 7) is 0. The maximum atomic E-state index is 14.6. The van der Waals surface area contributed by atoms with Crippen molar-refractivity contribution in [3.63, 3.8) is 0 Å². The zero-order chi connectivity index (χ0) is 30.5. The molecule has 1 aliphatic rings. The summed E-state index contributed by atoms with van der Waals surface area (Å²) in [7, 11) is 0. The lowest BCUT2D eigenvalue weighted by molar-refractivity contribution is -0.121. The topological polar surface area (TPSA) is 95.6 Å². The van der Waals surface area contributed by atoms with E-state index in [1.807, 2.05) is 12.1 Å². The molecule has 4 amide bonds. The minimum absolute atomic E-state index is 0.0443. The molecule has 1 saturated heterocycles. The highest BCUT2D eigenvalue weighted by molar-refractivity contribution is 14.1. The van der Waals surface area contributed by atoms with Gasteiger partial charge in [0.2, 0.25) is 11.8 Å². The van der Waals surface area contributed by atoms with Gasteiger partial charge in [0.15, 0.2) is 0 Å². The van der Waals surface area contributed by atoms with E-state index < -0.39 is 22.9 Å². The average Bonchev–Trinajstić information content (AvgIpc) is 3.27. The molecule has 0 aromatic heterocycles. The van der Waals surface area contributed by atoms with Crippen LogP contribution in [-0.4, -0.2) is 28.9 Å². The van der Waals surface area contributed by atoms with Gasteiger partial charge in [0, 0.05) is 36.2 Å². The third kappa shape index (κ3) is 7.59. The fourth-order valence-corrected chi connectivity index (χ4v) is 6.14. The highest BCUT2D eigenvalue weighted by atomic mass is 127. The molecular weight excluding hydrogens is 748 g/mol. The number of carbonyl (C=O) groups excluding carboxylic acids is 4. The number of nitrogens with zero attached hydrogens (tertiary/aromatic N) is 1. The van der Waals surface area contributed by atoms with Crippen LogP contribution in [-0.2, 0) is 14.4 Å². The van der Waals surface area contributed by atoms with E-state index in [1.165, 1.54) is 40.9 Å². The standard InChI is InChI=1S/C32H22BrFIN3O4S/c33-21-9-14-26(34)20(15-21)16-27(37-30(40)19-5-2-1-3-6-19)31(41)36-23-7-4-8-25(17-23)43-28-18-29(39)38(32(28)42)24-12-10-22(35)11-13-24/h1-17,28H,18H2,(H,36,41)(H,37,40)/b27-16-/t28-/m1/s1. The van der Waals surface area contributed by atoms with Gasteiger partial charge >= 0.3 is 0 Å². The predicted molar refractivity (Wildman–Crippen MR) is 177 cm³/mol. The number of imide groups is 1. The van der Waals surface area contributed by atoms with Gasteiger partial charge in [-0.2, -0.15) is 0 Å². The number of thioether (sulfide) groups is 1. The average molecular weight is 770 g/mol. The Morgan fingerprint density at radius 3 is 2.44 bits per heavy atom. The van der Waals surface area contributed by atoms with Gasteiger partial charge < -0.3 is 10.6 Å². The number of carbonyl (C=O) groups is 4. The number of hydrogen-bond acceptors (Lipinski definition) is 5. The van der Waals surface area contributed by atoms with E-state index >= 15 is 0 Å². The van der Waals surface area contributed by atoms with Gasteiger partial charge in [-0.15, -0.1) is 11.8 Å². The molecule has 0 unspecified atom stereocenters. The maximum Gasteiger partial charge on any atom is 0.272 e. The zero-order valence-corrected chi connectivity index (χ0v) is 26.8. The molecule has 0 spiro atoms. The summed E-state index contributed by atoms with van der Waals surface area (Å²) in [5.41, 5.74) is 1.16. The molecule has 0 saturated carbocycles. The van der Waals surface area contributed by atoms with Crippen molar-refractivity contribution in [3.8, 4) is 0 Å². The Hall–Kier alpha value is -3.81. The van der Waals surface area contributed by atoms with Crippen molar-refractivity contribution in [3.05, 3.63) is 128 Å². The number of rotatable bonds is 8. The van der Waals surface area contributed by atoms with Crippen LogP contribution in [0.25, 0.3) is 6.08 Å². The highest BCUT2D eigenvalue weighted by Crippen LogP contribution is 2.35. The number of halogens is 3. The lowest BCUT2D eigenvalue weighted by Crippen LogP contribution is -2.31. The van der Waals surface area contributed by atoms with Crippen LogP contribution in [0.15, 0.2) is 112 Å². The molecular formula is C32H22BrFIN3O4S. The fourth-order valence-electron chi connectivity index (χ4n) is 4.29. The summed E-state index contributed by atoms with van der Waals surface area (Å²) < 4.78 is 16.2. The number of nitrogens with one attached hydrogen (secondary N) is 2. The van der Waals surface area contributed by atoms with Gasteiger partial charge in [0.05, 0.1) is 10.9 Å². The lowest BCUT2D eigenvalue weighted by atomic mass is 10.1. The summed E-state index contributed by atoms with van der Waals surface area (Å²) in [5, 5.41) is 4.71. The normalized spacial score (nSPS) is 15.0. The molecule has 1 aliphatic heterocycles. The van der Waals surface area contributed by atoms with E-state index in [2.05, 4.69) is 49.2 Å². The van der Waals surface area contributed by atoms with Gasteiger partial charge in [-0.25, -0.2) is 9.29 Å². The van der Waals surface area contributed by atoms with E-state index in [0.717, 1.165) is 3.57 Å². The molecule has 216 valence electrons. The molecule has 0 radical (unpaired) electrons. The van der Waals surface area contributed by atoms with Crippen molar-refractivity contribution in [2.45, 2.75) is 16.6 Å². The summed E-state index contributed by atoms with van der Waals surface area (Å²) in [5.74, 6) is -2.38. The van der Waals surface area contributed by atoms with E-state index in [-0.39, 0.29) is 29.5 Å². The van der Waals surface area contributed by atoms with Crippen LogP contribution < -0.4 is 15.5 Å². The Morgan fingerprint density at radius 1 is 0.953 bits per heavy atom. The molecule has 0 bridgehead atoms. The van der Waals surface area contributed by atoms with E-state index in [0.29, 0.717) is 26.3 Å². The second-order valence-electron chi connectivity index (χ2n) is 9.38. The zero-order valence-electron chi connectivity index (χ0n) is 22.2. The van der Waals surface area contributed by atoms with Crippen molar-refractivity contribution in [2.24, 2.45) is 0 Å².